The van der Waals surface area contributed by atoms with Crippen LogP contribution in [0.15, 0.2) is 77.9 Å². The second-order valence-corrected chi connectivity index (χ2v) is 7.68. The van der Waals surface area contributed by atoms with Gasteiger partial charge < -0.3 is 14.2 Å². The van der Waals surface area contributed by atoms with Crippen LogP contribution < -0.4 is 5.43 Å². The summed E-state index contributed by atoms with van der Waals surface area (Å²) in [5.41, 5.74) is 2.20. The van der Waals surface area contributed by atoms with Crippen molar-refractivity contribution < 1.29 is 14.3 Å². The maximum Gasteiger partial charge on any atom is 0.307 e. The molecule has 0 aliphatic carbocycles. The van der Waals surface area contributed by atoms with Crippen LogP contribution in [0.25, 0.3) is 21.8 Å². The van der Waals surface area contributed by atoms with Crippen LogP contribution in [0, 0.1) is 0 Å². The molecular formula is C26H25N3O4. The Morgan fingerprint density at radius 2 is 1.64 bits per heavy atom. The van der Waals surface area contributed by atoms with Crippen molar-refractivity contribution in [2.24, 2.45) is 0 Å². The summed E-state index contributed by atoms with van der Waals surface area (Å²) < 4.78 is 6.91. The number of para-hydroxylation sites is 2. The highest BCUT2D eigenvalue weighted by atomic mass is 16.5. The third-order valence-corrected chi connectivity index (χ3v) is 5.51. The van der Waals surface area contributed by atoms with Crippen LogP contribution in [0.3, 0.4) is 0 Å². The van der Waals surface area contributed by atoms with Crippen molar-refractivity contribution in [3.8, 4) is 0 Å². The molecule has 7 nitrogen and oxygen atoms in total. The van der Waals surface area contributed by atoms with Gasteiger partial charge in [-0.3, -0.25) is 19.4 Å². The Balaban J connectivity index is 1.70. The lowest BCUT2D eigenvalue weighted by Gasteiger charge is -2.24. The summed E-state index contributed by atoms with van der Waals surface area (Å²) >= 11 is 0. The highest BCUT2D eigenvalue weighted by Crippen LogP contribution is 2.20. The summed E-state index contributed by atoms with van der Waals surface area (Å²) in [7, 11) is 0. The van der Waals surface area contributed by atoms with Gasteiger partial charge in [0.25, 0.3) is 0 Å². The second-order valence-electron chi connectivity index (χ2n) is 7.68. The number of hydrogen-bond acceptors (Lipinski definition) is 5. The van der Waals surface area contributed by atoms with E-state index in [-0.39, 0.29) is 36.8 Å². The van der Waals surface area contributed by atoms with Crippen LogP contribution in [-0.4, -0.2) is 39.5 Å². The van der Waals surface area contributed by atoms with Crippen molar-refractivity contribution in [3.63, 3.8) is 0 Å². The number of aromatic nitrogens is 2. The van der Waals surface area contributed by atoms with Crippen molar-refractivity contribution >= 4 is 33.7 Å². The van der Waals surface area contributed by atoms with Gasteiger partial charge in [-0.15, -0.1) is 0 Å². The van der Waals surface area contributed by atoms with Gasteiger partial charge in [0, 0.05) is 36.3 Å². The Morgan fingerprint density at radius 3 is 2.24 bits per heavy atom. The molecule has 0 radical (unpaired) electrons. The molecule has 0 atom stereocenters. The monoisotopic (exact) mass is 443 g/mol. The van der Waals surface area contributed by atoms with Crippen LogP contribution in [0.1, 0.15) is 18.9 Å². The molecule has 0 aliphatic rings. The predicted molar refractivity (Wildman–Crippen MR) is 127 cm³/mol. The largest absolute Gasteiger partial charge is 0.466 e. The molecule has 4 rings (SSSR count). The molecule has 0 spiro atoms. The van der Waals surface area contributed by atoms with E-state index in [1.165, 1.54) is 0 Å². The van der Waals surface area contributed by atoms with E-state index in [9.17, 15) is 14.4 Å². The topological polar surface area (TPSA) is 81.5 Å². The number of hydrogen-bond donors (Lipinski definition) is 0. The fourth-order valence-corrected chi connectivity index (χ4v) is 3.95. The number of rotatable bonds is 8. The summed E-state index contributed by atoms with van der Waals surface area (Å²) in [5.74, 6) is -0.511. The van der Waals surface area contributed by atoms with Gasteiger partial charge in [-0.1, -0.05) is 30.3 Å². The first-order valence-electron chi connectivity index (χ1n) is 10.9. The zero-order valence-corrected chi connectivity index (χ0v) is 18.4. The molecule has 0 bridgehead atoms. The molecule has 0 saturated heterocycles. The number of fused-ring (bicyclic) bond motifs is 2. The lowest BCUT2D eigenvalue weighted by atomic mass is 10.1. The van der Waals surface area contributed by atoms with Gasteiger partial charge in [-0.25, -0.2) is 0 Å². The SMILES string of the molecule is CCOC(=O)CCN(Cc1cccnc1)C(=O)Cn1c2ccccc2c(=O)c2ccccc21. The van der Waals surface area contributed by atoms with Gasteiger partial charge in [0.05, 0.1) is 24.1 Å². The lowest BCUT2D eigenvalue weighted by molar-refractivity contribution is -0.144. The normalized spacial score (nSPS) is 10.9. The van der Waals surface area contributed by atoms with Crippen LogP contribution in [0.4, 0.5) is 0 Å². The fourth-order valence-electron chi connectivity index (χ4n) is 3.95. The molecule has 168 valence electrons. The molecule has 2 aromatic carbocycles. The number of benzene rings is 2. The van der Waals surface area contributed by atoms with E-state index in [1.54, 1.807) is 36.4 Å². The number of ether oxygens (including phenoxy) is 1. The van der Waals surface area contributed by atoms with E-state index in [1.807, 2.05) is 53.1 Å². The van der Waals surface area contributed by atoms with Gasteiger partial charge in [0.1, 0.15) is 6.54 Å². The number of nitrogens with zero attached hydrogens (tertiary/aromatic N) is 3. The zero-order chi connectivity index (χ0) is 23.2. The summed E-state index contributed by atoms with van der Waals surface area (Å²) in [6, 6.07) is 18.3. The van der Waals surface area contributed by atoms with Gasteiger partial charge in [-0.05, 0) is 42.8 Å². The van der Waals surface area contributed by atoms with E-state index in [4.69, 9.17) is 4.74 Å². The molecular weight excluding hydrogens is 418 g/mol. The Kier molecular flexibility index (Phi) is 6.78. The Labute approximate surface area is 191 Å². The quantitative estimate of drug-likeness (QED) is 0.307. The third kappa shape index (κ3) is 4.92. The van der Waals surface area contributed by atoms with Crippen LogP contribution >= 0.6 is 0 Å². The molecule has 0 saturated carbocycles. The number of esters is 1. The summed E-state index contributed by atoms with van der Waals surface area (Å²) in [6.07, 6.45) is 3.48. The van der Waals surface area contributed by atoms with Crippen molar-refractivity contribution in [2.45, 2.75) is 26.4 Å². The molecule has 0 N–H and O–H groups in total. The molecule has 2 aromatic heterocycles. The van der Waals surface area contributed by atoms with Gasteiger partial charge in [0.15, 0.2) is 5.43 Å². The minimum Gasteiger partial charge on any atom is -0.466 e. The second kappa shape index (κ2) is 10.1. The molecule has 33 heavy (non-hydrogen) atoms. The van der Waals surface area contributed by atoms with E-state index in [0.29, 0.717) is 35.0 Å². The molecule has 0 fully saturated rings. The zero-order valence-electron chi connectivity index (χ0n) is 18.4. The fraction of sp³-hybridized carbons (Fsp3) is 0.231. The van der Waals surface area contributed by atoms with Gasteiger partial charge in [-0.2, -0.15) is 0 Å². The van der Waals surface area contributed by atoms with Crippen molar-refractivity contribution in [1.29, 1.82) is 0 Å². The maximum absolute atomic E-state index is 13.5. The molecule has 0 aliphatic heterocycles. The molecule has 0 unspecified atom stereocenters. The average molecular weight is 444 g/mol. The molecule has 2 heterocycles. The van der Waals surface area contributed by atoms with E-state index in [0.717, 1.165) is 5.56 Å². The van der Waals surface area contributed by atoms with E-state index >= 15 is 0 Å². The number of pyridine rings is 2. The first kappa shape index (κ1) is 22.2. The van der Waals surface area contributed by atoms with Crippen molar-refractivity contribution in [1.82, 2.24) is 14.5 Å². The minimum absolute atomic E-state index is 0.0321. The van der Waals surface area contributed by atoms with Crippen LogP contribution in [0.2, 0.25) is 0 Å². The van der Waals surface area contributed by atoms with Crippen molar-refractivity contribution in [3.05, 3.63) is 88.8 Å². The van der Waals surface area contributed by atoms with E-state index in [2.05, 4.69) is 4.98 Å². The molecule has 7 heteroatoms. The Bertz CT molecular complexity index is 1290. The van der Waals surface area contributed by atoms with Gasteiger partial charge >= 0.3 is 5.97 Å². The van der Waals surface area contributed by atoms with Crippen LogP contribution in [-0.2, 0) is 27.4 Å². The highest BCUT2D eigenvalue weighted by molar-refractivity contribution is 5.94. The molecule has 1 amide bonds. The highest BCUT2D eigenvalue weighted by Gasteiger charge is 2.19. The predicted octanol–water partition coefficient (Wildman–Crippen LogP) is 3.53. The lowest BCUT2D eigenvalue weighted by Crippen LogP contribution is -2.35. The van der Waals surface area contributed by atoms with E-state index < -0.39 is 0 Å². The summed E-state index contributed by atoms with van der Waals surface area (Å²) in [5, 5.41) is 1.13. The maximum atomic E-state index is 13.5. The summed E-state index contributed by atoms with van der Waals surface area (Å²) in [6.45, 7) is 2.63. The molecule has 4 aromatic rings. The van der Waals surface area contributed by atoms with Crippen LogP contribution in [0.5, 0.6) is 0 Å². The Morgan fingerprint density at radius 1 is 0.970 bits per heavy atom. The smallest absolute Gasteiger partial charge is 0.307 e. The third-order valence-electron chi connectivity index (χ3n) is 5.51. The Hall–Kier alpha value is -4.00. The number of carbonyl (C=O) groups excluding carboxylic acids is 2. The van der Waals surface area contributed by atoms with Gasteiger partial charge in [0.2, 0.25) is 5.91 Å². The number of carbonyl (C=O) groups is 2. The first-order chi connectivity index (χ1) is 16.1. The standard InChI is InChI=1S/C26H25N3O4/c1-2-33-25(31)13-15-28(17-19-8-7-14-27-16-19)24(30)18-29-22-11-5-3-9-20(22)26(32)21-10-4-6-12-23(21)29/h3-12,14,16H,2,13,15,17-18H2,1H3. The minimum atomic E-state index is -0.347. The van der Waals surface area contributed by atoms with Crippen molar-refractivity contribution in [2.75, 3.05) is 13.2 Å². The first-order valence-corrected chi connectivity index (χ1v) is 10.9. The summed E-state index contributed by atoms with van der Waals surface area (Å²) in [4.78, 5) is 44.2. The number of amides is 1. The average Bonchev–Trinajstić information content (AvgIpc) is 2.85.